The summed E-state index contributed by atoms with van der Waals surface area (Å²) in [5, 5.41) is 0. The molecule has 0 bridgehead atoms. The topological polar surface area (TPSA) is 63.4 Å². The van der Waals surface area contributed by atoms with E-state index in [1.54, 1.807) is 6.08 Å². The minimum atomic E-state index is -3.10. The van der Waals surface area contributed by atoms with E-state index in [0.717, 1.165) is 6.42 Å². The van der Waals surface area contributed by atoms with Crippen molar-refractivity contribution < 1.29 is 8.42 Å². The molecule has 14 heavy (non-hydrogen) atoms. The van der Waals surface area contributed by atoms with Gasteiger partial charge in [-0.25, -0.2) is 8.42 Å². The molecule has 0 aromatic heterocycles. The first-order valence-corrected chi connectivity index (χ1v) is 6.48. The third kappa shape index (κ3) is 4.74. The number of hydrogen-bond donors (Lipinski definition) is 1. The van der Waals surface area contributed by atoms with Crippen LogP contribution in [0.25, 0.3) is 0 Å². The maximum atomic E-state index is 11.7. The van der Waals surface area contributed by atoms with Crippen molar-refractivity contribution >= 4 is 10.0 Å². The Kier molecular flexibility index (Phi) is 6.78. The van der Waals surface area contributed by atoms with Crippen molar-refractivity contribution in [2.45, 2.75) is 19.8 Å². The van der Waals surface area contributed by atoms with E-state index in [1.165, 1.54) is 4.31 Å². The zero-order chi connectivity index (χ0) is 11.0. The predicted octanol–water partition coefficient (Wildman–Crippen LogP) is 0.563. The number of rotatable bonds is 8. The fourth-order valence-electron chi connectivity index (χ4n) is 1.14. The summed E-state index contributed by atoms with van der Waals surface area (Å²) in [7, 11) is -3.10. The molecule has 2 N–H and O–H groups in total. The number of likely N-dealkylation sites (N-methyl/N-ethyl adjacent to an activating group) is 1. The van der Waals surface area contributed by atoms with Crippen molar-refractivity contribution in [2.75, 3.05) is 25.4 Å². The van der Waals surface area contributed by atoms with E-state index in [1.807, 2.05) is 6.92 Å². The van der Waals surface area contributed by atoms with E-state index in [2.05, 4.69) is 6.58 Å². The summed E-state index contributed by atoms with van der Waals surface area (Å²) in [6, 6.07) is 0. The molecule has 0 unspecified atom stereocenters. The van der Waals surface area contributed by atoms with E-state index in [9.17, 15) is 8.42 Å². The molecule has 4 nitrogen and oxygen atoms in total. The summed E-state index contributed by atoms with van der Waals surface area (Å²) in [5.41, 5.74) is 5.30. The van der Waals surface area contributed by atoms with Crippen molar-refractivity contribution in [1.82, 2.24) is 4.31 Å². The largest absolute Gasteiger partial charge is 0.330 e. The van der Waals surface area contributed by atoms with Gasteiger partial charge in [0.15, 0.2) is 0 Å². The molecule has 0 saturated carbocycles. The van der Waals surface area contributed by atoms with E-state index >= 15 is 0 Å². The summed E-state index contributed by atoms with van der Waals surface area (Å²) >= 11 is 0. The van der Waals surface area contributed by atoms with Crippen LogP contribution in [0.15, 0.2) is 12.7 Å². The summed E-state index contributed by atoms with van der Waals surface area (Å²) in [4.78, 5) is 0. The van der Waals surface area contributed by atoms with Gasteiger partial charge >= 0.3 is 0 Å². The molecule has 0 rings (SSSR count). The van der Waals surface area contributed by atoms with Gasteiger partial charge < -0.3 is 5.73 Å². The van der Waals surface area contributed by atoms with Crippen molar-refractivity contribution in [1.29, 1.82) is 0 Å². The summed E-state index contributed by atoms with van der Waals surface area (Å²) < 4.78 is 24.8. The van der Waals surface area contributed by atoms with Gasteiger partial charge in [0, 0.05) is 13.1 Å². The number of hydrogen-bond acceptors (Lipinski definition) is 3. The van der Waals surface area contributed by atoms with Gasteiger partial charge in [-0.1, -0.05) is 13.0 Å². The average Bonchev–Trinajstić information content (AvgIpc) is 2.14. The molecule has 0 radical (unpaired) electrons. The van der Waals surface area contributed by atoms with Crippen molar-refractivity contribution in [2.24, 2.45) is 5.73 Å². The second kappa shape index (κ2) is 6.98. The van der Waals surface area contributed by atoms with Crippen LogP contribution in [-0.2, 0) is 10.0 Å². The minimum Gasteiger partial charge on any atom is -0.330 e. The maximum absolute atomic E-state index is 11.7. The van der Waals surface area contributed by atoms with Crippen LogP contribution in [0.5, 0.6) is 0 Å². The van der Waals surface area contributed by atoms with Crippen LogP contribution in [0.1, 0.15) is 19.8 Å². The average molecular weight is 220 g/mol. The van der Waals surface area contributed by atoms with Gasteiger partial charge in [-0.3, -0.25) is 0 Å². The van der Waals surface area contributed by atoms with Crippen LogP contribution in [0.4, 0.5) is 0 Å². The Morgan fingerprint density at radius 3 is 2.50 bits per heavy atom. The van der Waals surface area contributed by atoms with Gasteiger partial charge in [-0.15, -0.1) is 6.58 Å². The number of unbranched alkanes of at least 4 members (excludes halogenated alkanes) is 1. The monoisotopic (exact) mass is 220 g/mol. The maximum Gasteiger partial charge on any atom is 0.214 e. The van der Waals surface area contributed by atoms with Gasteiger partial charge in [-0.05, 0) is 19.4 Å². The smallest absolute Gasteiger partial charge is 0.214 e. The van der Waals surface area contributed by atoms with Gasteiger partial charge in [-0.2, -0.15) is 4.31 Å². The van der Waals surface area contributed by atoms with Gasteiger partial charge in [0.2, 0.25) is 10.0 Å². The number of nitrogens with zero attached hydrogens (tertiary/aromatic N) is 1. The lowest BCUT2D eigenvalue weighted by Gasteiger charge is -2.18. The number of nitrogens with two attached hydrogens (primary N) is 1. The third-order valence-electron chi connectivity index (χ3n) is 1.94. The highest BCUT2D eigenvalue weighted by Crippen LogP contribution is 2.04. The van der Waals surface area contributed by atoms with E-state index in [4.69, 9.17) is 5.73 Å². The summed E-state index contributed by atoms with van der Waals surface area (Å²) in [6.07, 6.45) is 2.99. The molecule has 0 aromatic carbocycles. The zero-order valence-electron chi connectivity index (χ0n) is 8.78. The molecule has 0 aromatic rings. The second-order valence-corrected chi connectivity index (χ2v) is 5.14. The second-order valence-electron chi connectivity index (χ2n) is 3.05. The third-order valence-corrected chi connectivity index (χ3v) is 3.93. The highest BCUT2D eigenvalue weighted by molar-refractivity contribution is 7.89. The van der Waals surface area contributed by atoms with Crippen LogP contribution in [-0.4, -0.2) is 38.1 Å². The molecule has 0 heterocycles. The molecule has 84 valence electrons. The van der Waals surface area contributed by atoms with Crippen molar-refractivity contribution in [3.63, 3.8) is 0 Å². The first-order valence-electron chi connectivity index (χ1n) is 4.87. The van der Waals surface area contributed by atoms with Crippen LogP contribution in [0, 0.1) is 0 Å². The van der Waals surface area contributed by atoms with Gasteiger partial charge in [0.1, 0.15) is 0 Å². The Bertz CT molecular complexity index is 250. The predicted molar refractivity (Wildman–Crippen MR) is 59.5 cm³/mol. The Balaban J connectivity index is 4.19. The highest BCUT2D eigenvalue weighted by Gasteiger charge is 2.17. The first-order chi connectivity index (χ1) is 6.58. The lowest BCUT2D eigenvalue weighted by Crippen LogP contribution is -2.33. The lowest BCUT2D eigenvalue weighted by molar-refractivity contribution is 0.458. The Morgan fingerprint density at radius 2 is 2.07 bits per heavy atom. The van der Waals surface area contributed by atoms with E-state index in [-0.39, 0.29) is 5.75 Å². The van der Waals surface area contributed by atoms with Crippen LogP contribution >= 0.6 is 0 Å². The normalized spacial score (nSPS) is 11.9. The van der Waals surface area contributed by atoms with Crippen molar-refractivity contribution in [3.05, 3.63) is 12.7 Å². The molecule has 0 aliphatic rings. The first kappa shape index (κ1) is 13.6. The summed E-state index contributed by atoms with van der Waals surface area (Å²) in [5.74, 6) is 0.186. The lowest BCUT2D eigenvalue weighted by atomic mass is 10.3. The minimum absolute atomic E-state index is 0.186. The molecule has 0 aliphatic carbocycles. The van der Waals surface area contributed by atoms with E-state index in [0.29, 0.717) is 26.1 Å². The van der Waals surface area contributed by atoms with Crippen LogP contribution in [0.3, 0.4) is 0 Å². The Labute approximate surface area is 86.8 Å². The molecule has 0 atom stereocenters. The molecule has 5 heteroatoms. The fraction of sp³-hybridized carbons (Fsp3) is 0.778. The molecule has 0 saturated heterocycles. The highest BCUT2D eigenvalue weighted by atomic mass is 32.2. The number of sulfonamides is 1. The standard InChI is InChI=1S/C9H20N2O2S/c1-3-8-11(4-2)14(12,13)9-6-5-7-10/h3H,1,4-10H2,2H3. The summed E-state index contributed by atoms with van der Waals surface area (Å²) in [6.45, 7) is 6.79. The molecule has 0 amide bonds. The Morgan fingerprint density at radius 1 is 1.43 bits per heavy atom. The van der Waals surface area contributed by atoms with Gasteiger partial charge in [0.25, 0.3) is 0 Å². The van der Waals surface area contributed by atoms with E-state index < -0.39 is 10.0 Å². The molecule has 0 spiro atoms. The zero-order valence-corrected chi connectivity index (χ0v) is 9.59. The molecular formula is C9H20N2O2S. The molecule has 0 fully saturated rings. The molecular weight excluding hydrogens is 200 g/mol. The van der Waals surface area contributed by atoms with Crippen LogP contribution in [0.2, 0.25) is 0 Å². The quantitative estimate of drug-likeness (QED) is 0.480. The SMILES string of the molecule is C=CCN(CC)S(=O)(=O)CCCCN. The van der Waals surface area contributed by atoms with Crippen LogP contribution < -0.4 is 5.73 Å². The Hall–Kier alpha value is -0.390. The van der Waals surface area contributed by atoms with Gasteiger partial charge in [0.05, 0.1) is 5.75 Å². The molecule has 0 aliphatic heterocycles. The van der Waals surface area contributed by atoms with Crippen molar-refractivity contribution in [3.8, 4) is 0 Å². The fourth-order valence-corrected chi connectivity index (χ4v) is 2.69.